The molecule has 0 saturated heterocycles. The third-order valence-corrected chi connectivity index (χ3v) is 14.1. The van der Waals surface area contributed by atoms with Crippen LogP contribution in [0.4, 0.5) is 0 Å². The highest BCUT2D eigenvalue weighted by atomic mass is 14.3. The summed E-state index contributed by atoms with van der Waals surface area (Å²) in [5, 5.41) is 22.9. The van der Waals surface area contributed by atoms with Gasteiger partial charge >= 0.3 is 0 Å². The predicted molar refractivity (Wildman–Crippen MR) is 277 cm³/mol. The lowest BCUT2D eigenvalue weighted by atomic mass is 9.80. The molecule has 0 radical (unpaired) electrons. The molecule has 0 nitrogen and oxygen atoms in total. The number of hydrogen-bond acceptors (Lipinski definition) is 0. The van der Waals surface area contributed by atoms with E-state index in [1.54, 1.807) is 0 Å². The molecule has 0 fully saturated rings. The van der Waals surface area contributed by atoms with Gasteiger partial charge in [0.25, 0.3) is 0 Å². The molecule has 0 heteroatoms. The van der Waals surface area contributed by atoms with Crippen LogP contribution in [0, 0.1) is 0 Å². The second-order valence-electron chi connectivity index (χ2n) is 17.4. The van der Waals surface area contributed by atoms with Gasteiger partial charge in [0, 0.05) is 0 Å². The highest BCUT2D eigenvalue weighted by Gasteiger charge is 2.24. The molecular weight excluding hydrogens is 769 g/mol. The first-order valence-corrected chi connectivity index (χ1v) is 22.3. The van der Waals surface area contributed by atoms with Crippen molar-refractivity contribution in [2.45, 2.75) is 0 Å². The summed E-state index contributed by atoms with van der Waals surface area (Å²) in [7, 11) is 0. The van der Waals surface area contributed by atoms with Crippen molar-refractivity contribution in [2.24, 2.45) is 0 Å². The Kier molecular flexibility index (Phi) is 7.49. The Hall–Kier alpha value is -8.32. The standard InChI is InChI=1S/C64H38/c1-3-23-43-39(17-1)19-13-33-45(43)61-47-25-5-9-29-51(47)63(52-30-10-6-26-48(52)61)57-37-41-21-16-36-56-58(38-42-22-15-35-55(57)59(42)60(41)56)64-53-31-11-7-27-49(53)62(50-28-8-12-32-54(50)64)46-34-14-20-40-18-2-4-24-44(40)46/h1-38H. The topological polar surface area (TPSA) is 0 Å². The molecule has 0 bridgehead atoms. The summed E-state index contributed by atoms with van der Waals surface area (Å²) in [6.45, 7) is 0. The minimum Gasteiger partial charge on any atom is -0.0616 e. The zero-order valence-electron chi connectivity index (χ0n) is 34.9. The van der Waals surface area contributed by atoms with Crippen LogP contribution in [0.5, 0.6) is 0 Å². The van der Waals surface area contributed by atoms with Crippen LogP contribution in [0.1, 0.15) is 0 Å². The van der Waals surface area contributed by atoms with Crippen LogP contribution in [-0.4, -0.2) is 0 Å². The molecule has 0 atom stereocenters. The maximum atomic E-state index is 2.49. The van der Waals surface area contributed by atoms with Crippen molar-refractivity contribution in [3.8, 4) is 44.5 Å². The Balaban J connectivity index is 1.08. The summed E-state index contributed by atoms with van der Waals surface area (Å²) in [4.78, 5) is 0. The fraction of sp³-hybridized carbons (Fsp3) is 0. The van der Waals surface area contributed by atoms with Crippen LogP contribution >= 0.6 is 0 Å². The number of benzene rings is 14. The van der Waals surface area contributed by atoms with Gasteiger partial charge in [0.05, 0.1) is 0 Å². The summed E-state index contributed by atoms with van der Waals surface area (Å²) in [6.07, 6.45) is 0. The molecule has 0 heterocycles. The molecule has 0 saturated carbocycles. The molecule has 64 heavy (non-hydrogen) atoms. The lowest BCUT2D eigenvalue weighted by molar-refractivity contribution is 1.69. The van der Waals surface area contributed by atoms with Crippen molar-refractivity contribution in [3.05, 3.63) is 231 Å². The summed E-state index contributed by atoms with van der Waals surface area (Å²) in [5.74, 6) is 0. The highest BCUT2D eigenvalue weighted by molar-refractivity contribution is 6.34. The van der Waals surface area contributed by atoms with Gasteiger partial charge in [0.2, 0.25) is 0 Å². The first kappa shape index (κ1) is 35.3. The van der Waals surface area contributed by atoms with Crippen LogP contribution in [0.15, 0.2) is 231 Å². The monoisotopic (exact) mass is 806 g/mol. The minimum absolute atomic E-state index is 1.25. The highest BCUT2D eigenvalue weighted by Crippen LogP contribution is 2.52. The molecule has 0 aromatic heterocycles. The van der Waals surface area contributed by atoms with E-state index in [-0.39, 0.29) is 0 Å². The Bertz CT molecular complexity index is 3840. The normalized spacial score (nSPS) is 12.1. The van der Waals surface area contributed by atoms with Gasteiger partial charge in [-0.15, -0.1) is 0 Å². The van der Waals surface area contributed by atoms with E-state index in [4.69, 9.17) is 0 Å². The molecule has 14 aromatic rings. The quantitative estimate of drug-likeness (QED) is 0.123. The second-order valence-corrected chi connectivity index (χ2v) is 17.4. The summed E-state index contributed by atoms with van der Waals surface area (Å²) < 4.78 is 0. The van der Waals surface area contributed by atoms with Crippen molar-refractivity contribution >= 4 is 97.0 Å². The fourth-order valence-electron chi connectivity index (χ4n) is 11.6. The van der Waals surface area contributed by atoms with Crippen molar-refractivity contribution in [1.29, 1.82) is 0 Å². The maximum absolute atomic E-state index is 2.49. The lowest BCUT2D eigenvalue weighted by Gasteiger charge is -2.23. The average Bonchev–Trinajstić information content (AvgIpc) is 3.36. The molecule has 294 valence electrons. The van der Waals surface area contributed by atoms with Crippen molar-refractivity contribution in [3.63, 3.8) is 0 Å². The Morgan fingerprint density at radius 3 is 0.734 bits per heavy atom. The van der Waals surface area contributed by atoms with Crippen LogP contribution in [0.3, 0.4) is 0 Å². The van der Waals surface area contributed by atoms with Crippen LogP contribution in [0.25, 0.3) is 141 Å². The Labute approximate surface area is 370 Å². The number of hydrogen-bond donors (Lipinski definition) is 0. The van der Waals surface area contributed by atoms with Gasteiger partial charge in [-0.1, -0.05) is 218 Å². The molecule has 0 aliphatic rings. The van der Waals surface area contributed by atoms with E-state index in [0.717, 1.165) is 0 Å². The van der Waals surface area contributed by atoms with Gasteiger partial charge in [-0.2, -0.15) is 0 Å². The van der Waals surface area contributed by atoms with Crippen LogP contribution in [-0.2, 0) is 0 Å². The third-order valence-electron chi connectivity index (χ3n) is 14.1. The summed E-state index contributed by atoms with van der Waals surface area (Å²) >= 11 is 0. The van der Waals surface area contributed by atoms with E-state index in [2.05, 4.69) is 231 Å². The van der Waals surface area contributed by atoms with Gasteiger partial charge in [0.15, 0.2) is 0 Å². The minimum atomic E-state index is 1.25. The lowest BCUT2D eigenvalue weighted by Crippen LogP contribution is -1.95. The molecule has 0 unspecified atom stereocenters. The molecule has 0 aliphatic heterocycles. The van der Waals surface area contributed by atoms with E-state index in [9.17, 15) is 0 Å². The molecule has 14 rings (SSSR count). The Morgan fingerprint density at radius 2 is 0.391 bits per heavy atom. The maximum Gasteiger partial charge on any atom is -0.00199 e. The zero-order valence-corrected chi connectivity index (χ0v) is 34.9. The average molecular weight is 807 g/mol. The molecule has 14 aromatic carbocycles. The van der Waals surface area contributed by atoms with Gasteiger partial charge in [-0.25, -0.2) is 0 Å². The van der Waals surface area contributed by atoms with E-state index in [0.29, 0.717) is 0 Å². The van der Waals surface area contributed by atoms with E-state index < -0.39 is 0 Å². The van der Waals surface area contributed by atoms with Gasteiger partial charge in [-0.05, 0) is 154 Å². The van der Waals surface area contributed by atoms with Crippen molar-refractivity contribution in [2.75, 3.05) is 0 Å². The predicted octanol–water partition coefficient (Wildman–Crippen LogP) is 18.2. The first-order valence-electron chi connectivity index (χ1n) is 22.3. The third kappa shape index (κ3) is 4.94. The molecule has 0 N–H and O–H groups in total. The SMILES string of the molecule is c1ccc2c(-c3c4ccccc4c(-c4cc5cccc6c(-c7c8ccccc8c(-c8cccc9ccccc89)c8ccccc78)cc7cccc4c7c56)c4ccccc34)cccc2c1. The molecule has 0 amide bonds. The molecular formula is C64H38. The van der Waals surface area contributed by atoms with Gasteiger partial charge in [0.1, 0.15) is 0 Å². The van der Waals surface area contributed by atoms with Crippen LogP contribution < -0.4 is 0 Å². The number of rotatable bonds is 4. The number of fused-ring (bicyclic) bond motifs is 6. The van der Waals surface area contributed by atoms with Gasteiger partial charge in [-0.3, -0.25) is 0 Å². The summed E-state index contributed by atoms with van der Waals surface area (Å²) in [5.41, 5.74) is 10.2. The van der Waals surface area contributed by atoms with E-state index in [1.807, 2.05) is 0 Å². The summed E-state index contributed by atoms with van der Waals surface area (Å²) in [6, 6.07) is 86.2. The largest absolute Gasteiger partial charge is 0.0616 e. The van der Waals surface area contributed by atoms with E-state index in [1.165, 1.54) is 141 Å². The Morgan fingerprint density at radius 1 is 0.156 bits per heavy atom. The van der Waals surface area contributed by atoms with Crippen molar-refractivity contribution in [1.82, 2.24) is 0 Å². The fourth-order valence-corrected chi connectivity index (χ4v) is 11.6. The van der Waals surface area contributed by atoms with Gasteiger partial charge < -0.3 is 0 Å². The first-order chi connectivity index (χ1) is 31.8. The molecule has 0 spiro atoms. The van der Waals surface area contributed by atoms with Crippen molar-refractivity contribution < 1.29 is 0 Å². The zero-order chi connectivity index (χ0) is 41.9. The van der Waals surface area contributed by atoms with Crippen LogP contribution in [0.2, 0.25) is 0 Å². The van der Waals surface area contributed by atoms with E-state index >= 15 is 0 Å². The smallest absolute Gasteiger partial charge is 0.00199 e. The molecule has 0 aliphatic carbocycles. The second kappa shape index (κ2) is 13.6.